The van der Waals surface area contributed by atoms with Gasteiger partial charge in [-0.1, -0.05) is 23.7 Å². The van der Waals surface area contributed by atoms with E-state index in [1.165, 1.54) is 0 Å². The molecule has 1 aromatic carbocycles. The Labute approximate surface area is 127 Å². The summed E-state index contributed by atoms with van der Waals surface area (Å²) in [7, 11) is 0. The van der Waals surface area contributed by atoms with Crippen molar-refractivity contribution in [3.05, 3.63) is 34.9 Å². The molecule has 108 valence electrons. The van der Waals surface area contributed by atoms with Gasteiger partial charge < -0.3 is 10.6 Å². The molecule has 0 aromatic heterocycles. The summed E-state index contributed by atoms with van der Waals surface area (Å²) >= 11 is 7.44. The summed E-state index contributed by atoms with van der Waals surface area (Å²) in [5, 5.41) is 6.31. The highest BCUT2D eigenvalue weighted by molar-refractivity contribution is 7.99. The van der Waals surface area contributed by atoms with E-state index in [0.29, 0.717) is 23.7 Å². The zero-order chi connectivity index (χ0) is 14.4. The molecule has 0 aliphatic carbocycles. The number of hydrogen-bond acceptors (Lipinski definition) is 3. The van der Waals surface area contributed by atoms with Crippen molar-refractivity contribution in [2.45, 2.75) is 18.9 Å². The third kappa shape index (κ3) is 4.72. The SMILES string of the molecule is O=C1CCSC[C@@H](C(=O)NCCc2ccc(Cl)cc2)N1. The minimum atomic E-state index is -0.416. The molecule has 1 aliphatic heterocycles. The number of carbonyl (C=O) groups is 2. The minimum absolute atomic E-state index is 0.0483. The van der Waals surface area contributed by atoms with Gasteiger partial charge in [0.05, 0.1) is 0 Å². The molecule has 0 bridgehead atoms. The third-order valence-electron chi connectivity index (χ3n) is 3.04. The zero-order valence-corrected chi connectivity index (χ0v) is 12.6. The van der Waals surface area contributed by atoms with Crippen LogP contribution >= 0.6 is 23.4 Å². The van der Waals surface area contributed by atoms with Crippen LogP contribution in [0.25, 0.3) is 0 Å². The quantitative estimate of drug-likeness (QED) is 0.888. The molecule has 6 heteroatoms. The molecule has 2 rings (SSSR count). The summed E-state index contributed by atoms with van der Waals surface area (Å²) in [6.07, 6.45) is 1.23. The predicted molar refractivity (Wildman–Crippen MR) is 82.0 cm³/mol. The van der Waals surface area contributed by atoms with E-state index in [2.05, 4.69) is 10.6 Å². The largest absolute Gasteiger partial charge is 0.354 e. The number of carbonyl (C=O) groups excluding carboxylic acids is 2. The van der Waals surface area contributed by atoms with Gasteiger partial charge in [-0.2, -0.15) is 11.8 Å². The zero-order valence-electron chi connectivity index (χ0n) is 11.0. The molecule has 0 unspecified atom stereocenters. The van der Waals surface area contributed by atoms with Gasteiger partial charge in [0.25, 0.3) is 0 Å². The second kappa shape index (κ2) is 7.55. The van der Waals surface area contributed by atoms with Gasteiger partial charge in [0.15, 0.2) is 0 Å². The first-order chi connectivity index (χ1) is 9.65. The van der Waals surface area contributed by atoms with Gasteiger partial charge in [-0.3, -0.25) is 9.59 Å². The number of nitrogens with one attached hydrogen (secondary N) is 2. The third-order valence-corrected chi connectivity index (χ3v) is 4.35. The molecule has 0 saturated carbocycles. The van der Waals surface area contributed by atoms with Crippen LogP contribution < -0.4 is 10.6 Å². The molecule has 2 amide bonds. The van der Waals surface area contributed by atoms with Gasteiger partial charge in [0, 0.05) is 29.5 Å². The Morgan fingerprint density at radius 1 is 1.40 bits per heavy atom. The van der Waals surface area contributed by atoms with E-state index in [0.717, 1.165) is 17.7 Å². The smallest absolute Gasteiger partial charge is 0.243 e. The van der Waals surface area contributed by atoms with Gasteiger partial charge in [-0.25, -0.2) is 0 Å². The molecule has 1 fully saturated rings. The number of benzene rings is 1. The summed E-state index contributed by atoms with van der Waals surface area (Å²) in [6.45, 7) is 0.553. The lowest BCUT2D eigenvalue weighted by molar-refractivity contribution is -0.128. The topological polar surface area (TPSA) is 58.2 Å². The Balaban J connectivity index is 1.76. The van der Waals surface area contributed by atoms with Crippen LogP contribution in [0.2, 0.25) is 5.02 Å². The van der Waals surface area contributed by atoms with E-state index in [1.807, 2.05) is 24.3 Å². The molecule has 1 saturated heterocycles. The Morgan fingerprint density at radius 2 is 2.15 bits per heavy atom. The molecule has 0 radical (unpaired) electrons. The van der Waals surface area contributed by atoms with Crippen molar-refractivity contribution >= 4 is 35.2 Å². The van der Waals surface area contributed by atoms with Crippen molar-refractivity contribution in [2.24, 2.45) is 0 Å². The van der Waals surface area contributed by atoms with Gasteiger partial charge in [0.2, 0.25) is 11.8 Å². The van der Waals surface area contributed by atoms with Crippen molar-refractivity contribution in [1.82, 2.24) is 10.6 Å². The van der Waals surface area contributed by atoms with Crippen LogP contribution in [0, 0.1) is 0 Å². The number of thioether (sulfide) groups is 1. The highest BCUT2D eigenvalue weighted by Crippen LogP contribution is 2.11. The van der Waals surface area contributed by atoms with Gasteiger partial charge >= 0.3 is 0 Å². The molecule has 1 aromatic rings. The maximum absolute atomic E-state index is 12.0. The monoisotopic (exact) mass is 312 g/mol. The number of rotatable bonds is 4. The van der Waals surface area contributed by atoms with Gasteiger partial charge in [-0.15, -0.1) is 0 Å². The van der Waals surface area contributed by atoms with E-state index in [1.54, 1.807) is 11.8 Å². The van der Waals surface area contributed by atoms with Crippen LogP contribution in [0.3, 0.4) is 0 Å². The van der Waals surface area contributed by atoms with Crippen LogP contribution in [-0.2, 0) is 16.0 Å². The second-order valence-corrected chi connectivity index (χ2v) is 6.20. The van der Waals surface area contributed by atoms with Crippen molar-refractivity contribution in [2.75, 3.05) is 18.1 Å². The van der Waals surface area contributed by atoms with Crippen LogP contribution in [0.4, 0.5) is 0 Å². The fourth-order valence-corrected chi connectivity index (χ4v) is 3.01. The fraction of sp³-hybridized carbons (Fsp3) is 0.429. The number of amides is 2. The Kier molecular flexibility index (Phi) is 5.73. The lowest BCUT2D eigenvalue weighted by atomic mass is 10.1. The van der Waals surface area contributed by atoms with E-state index >= 15 is 0 Å². The first-order valence-electron chi connectivity index (χ1n) is 6.54. The van der Waals surface area contributed by atoms with E-state index in [4.69, 9.17) is 11.6 Å². The van der Waals surface area contributed by atoms with Crippen LogP contribution in [0.15, 0.2) is 24.3 Å². The lowest BCUT2D eigenvalue weighted by Crippen LogP contribution is -2.47. The second-order valence-electron chi connectivity index (χ2n) is 4.61. The van der Waals surface area contributed by atoms with E-state index in [-0.39, 0.29) is 11.8 Å². The Morgan fingerprint density at radius 3 is 2.90 bits per heavy atom. The highest BCUT2D eigenvalue weighted by Gasteiger charge is 2.22. The van der Waals surface area contributed by atoms with Crippen molar-refractivity contribution in [3.63, 3.8) is 0 Å². The average molecular weight is 313 g/mol. The summed E-state index contributed by atoms with van der Waals surface area (Å²) < 4.78 is 0. The summed E-state index contributed by atoms with van der Waals surface area (Å²) in [6, 6.07) is 7.14. The molecule has 20 heavy (non-hydrogen) atoms. The van der Waals surface area contributed by atoms with Gasteiger partial charge in [-0.05, 0) is 24.1 Å². The van der Waals surface area contributed by atoms with Crippen molar-refractivity contribution < 1.29 is 9.59 Å². The normalized spacial score (nSPS) is 19.1. The van der Waals surface area contributed by atoms with Crippen LogP contribution in [0.1, 0.15) is 12.0 Å². The van der Waals surface area contributed by atoms with Gasteiger partial charge in [0.1, 0.15) is 6.04 Å². The minimum Gasteiger partial charge on any atom is -0.354 e. The summed E-state index contributed by atoms with van der Waals surface area (Å²) in [5.74, 6) is 1.26. The first-order valence-corrected chi connectivity index (χ1v) is 8.07. The highest BCUT2D eigenvalue weighted by atomic mass is 35.5. The molecular weight excluding hydrogens is 296 g/mol. The van der Waals surface area contributed by atoms with Crippen LogP contribution in [-0.4, -0.2) is 35.9 Å². The Bertz CT molecular complexity index is 479. The summed E-state index contributed by atoms with van der Waals surface area (Å²) in [4.78, 5) is 23.4. The van der Waals surface area contributed by atoms with E-state index < -0.39 is 6.04 Å². The first kappa shape index (κ1) is 15.2. The van der Waals surface area contributed by atoms with Crippen LogP contribution in [0.5, 0.6) is 0 Å². The lowest BCUT2D eigenvalue weighted by Gasteiger charge is -2.15. The van der Waals surface area contributed by atoms with Crippen molar-refractivity contribution in [3.8, 4) is 0 Å². The van der Waals surface area contributed by atoms with E-state index in [9.17, 15) is 9.59 Å². The molecular formula is C14H17ClN2O2S. The summed E-state index contributed by atoms with van der Waals surface area (Å²) in [5.41, 5.74) is 1.12. The predicted octanol–water partition coefficient (Wildman–Crippen LogP) is 1.62. The average Bonchev–Trinajstić information content (AvgIpc) is 2.65. The molecule has 2 N–H and O–H groups in total. The standard InChI is InChI=1S/C14H17ClN2O2S/c15-11-3-1-10(2-4-11)5-7-16-14(19)12-9-20-8-6-13(18)17-12/h1-4,12H,5-9H2,(H,16,19)(H,17,18)/t12-/m0/s1. The maximum Gasteiger partial charge on any atom is 0.243 e. The molecule has 1 aliphatic rings. The van der Waals surface area contributed by atoms with Crippen molar-refractivity contribution in [1.29, 1.82) is 0 Å². The fourth-order valence-electron chi connectivity index (χ4n) is 1.92. The molecule has 0 spiro atoms. The number of halogens is 1. The molecule has 1 atom stereocenters. The molecule has 1 heterocycles. The molecule has 4 nitrogen and oxygen atoms in total. The Hall–Kier alpha value is -1.20. The maximum atomic E-state index is 12.0. The number of hydrogen-bond donors (Lipinski definition) is 2.